The predicted molar refractivity (Wildman–Crippen MR) is 145 cm³/mol. The molecule has 0 spiro atoms. The van der Waals surface area contributed by atoms with Gasteiger partial charge >= 0.3 is 6.18 Å². The summed E-state index contributed by atoms with van der Waals surface area (Å²) in [6.07, 6.45) is -7.48. The van der Waals surface area contributed by atoms with Gasteiger partial charge in [-0.05, 0) is 59.6 Å². The highest BCUT2D eigenvalue weighted by molar-refractivity contribution is 6.00. The number of hydrogen-bond acceptors (Lipinski definition) is 6. The van der Waals surface area contributed by atoms with Crippen molar-refractivity contribution in [3.05, 3.63) is 29.8 Å². The summed E-state index contributed by atoms with van der Waals surface area (Å²) < 4.78 is 44.3. The minimum atomic E-state index is -4.46. The molecule has 2 rings (SSSR count). The topological polar surface area (TPSA) is 128 Å². The monoisotopic (exact) mass is 586 g/mol. The molecule has 1 aromatic rings. The van der Waals surface area contributed by atoms with E-state index in [-0.39, 0.29) is 36.7 Å². The van der Waals surface area contributed by atoms with E-state index in [1.54, 1.807) is 47.7 Å². The van der Waals surface area contributed by atoms with E-state index in [1.807, 2.05) is 0 Å². The highest BCUT2D eigenvalue weighted by Gasteiger charge is 2.43. The normalized spacial score (nSPS) is 18.2. The number of aliphatic hydroxyl groups excluding tert-OH is 1. The lowest BCUT2D eigenvalue weighted by atomic mass is 10.1. The fourth-order valence-corrected chi connectivity index (χ4v) is 4.36. The second-order valence-electron chi connectivity index (χ2n) is 11.6. The molecule has 0 bridgehead atoms. The van der Waals surface area contributed by atoms with Gasteiger partial charge in [0.15, 0.2) is 6.61 Å². The molecule has 1 unspecified atom stereocenters. The van der Waals surface area contributed by atoms with E-state index in [9.17, 15) is 37.5 Å². The first-order chi connectivity index (χ1) is 18.9. The number of nitrogens with zero attached hydrogens (tertiary/aromatic N) is 2. The molecule has 1 saturated heterocycles. The Morgan fingerprint density at radius 2 is 1.78 bits per heavy atom. The number of carbonyl (C=O) groups is 4. The van der Waals surface area contributed by atoms with E-state index in [2.05, 4.69) is 10.6 Å². The quantitative estimate of drug-likeness (QED) is 0.366. The Bertz CT molecular complexity index is 1090. The Balaban J connectivity index is 2.28. The lowest BCUT2D eigenvalue weighted by Gasteiger charge is -2.32. The van der Waals surface area contributed by atoms with Crippen molar-refractivity contribution in [3.8, 4) is 5.75 Å². The molecule has 41 heavy (non-hydrogen) atoms. The largest absolute Gasteiger partial charge is 0.483 e. The fraction of sp³-hybridized carbons (Fsp3) is 0.643. The van der Waals surface area contributed by atoms with Crippen LogP contribution in [0.3, 0.4) is 0 Å². The first kappa shape index (κ1) is 33.9. The SMILES string of the molecule is CC(C)N(C)C(=O)[C@H]1C[C@H](O)CN1C(=O)C(CCCC(F)(F)F)NC(=O)c1ccccc1OCC(=O)NC(C)(C)C. The molecule has 13 heteroatoms. The number of ether oxygens (including phenoxy) is 1. The third-order valence-electron chi connectivity index (χ3n) is 6.53. The molecule has 0 aromatic heterocycles. The molecule has 0 radical (unpaired) electrons. The van der Waals surface area contributed by atoms with Crippen molar-refractivity contribution in [2.24, 2.45) is 0 Å². The summed E-state index contributed by atoms with van der Waals surface area (Å²) in [5.41, 5.74) is -0.536. The van der Waals surface area contributed by atoms with Gasteiger partial charge in [-0.2, -0.15) is 13.2 Å². The fourth-order valence-electron chi connectivity index (χ4n) is 4.36. The Hall–Kier alpha value is -3.35. The standard InChI is InChI=1S/C28H41F3N4O6/c1-17(2)34(6)26(40)21-14-18(36)15-35(21)25(39)20(11-9-13-28(29,30)31)32-24(38)19-10-7-8-12-22(19)41-16-23(37)33-27(3,4)5/h7-8,10,12,17-18,20-21,36H,9,11,13-16H2,1-6H3,(H,32,38)(H,33,37)/t18-,20?,21+/m0/s1. The Kier molecular flexibility index (Phi) is 11.6. The molecule has 1 heterocycles. The van der Waals surface area contributed by atoms with Crippen LogP contribution >= 0.6 is 0 Å². The highest BCUT2D eigenvalue weighted by atomic mass is 19.4. The highest BCUT2D eigenvalue weighted by Crippen LogP contribution is 2.26. The zero-order valence-electron chi connectivity index (χ0n) is 24.4. The van der Waals surface area contributed by atoms with Crippen LogP contribution in [0.15, 0.2) is 24.3 Å². The summed E-state index contributed by atoms with van der Waals surface area (Å²) in [5.74, 6) is -2.38. The third kappa shape index (κ3) is 10.5. The second-order valence-corrected chi connectivity index (χ2v) is 11.6. The number of benzene rings is 1. The number of β-amino-alcohol motifs (C(OH)–C–C–N with tert-alkyl or cyclic N) is 1. The van der Waals surface area contributed by atoms with Crippen LogP contribution in [0, 0.1) is 0 Å². The lowest BCUT2D eigenvalue weighted by molar-refractivity contribution is -0.145. The number of rotatable bonds is 11. The minimum absolute atomic E-state index is 0.0293. The lowest BCUT2D eigenvalue weighted by Crippen LogP contribution is -2.54. The van der Waals surface area contributed by atoms with Crippen molar-refractivity contribution in [1.29, 1.82) is 0 Å². The zero-order chi connectivity index (χ0) is 31.1. The Labute approximate surface area is 238 Å². The van der Waals surface area contributed by atoms with Crippen LogP contribution in [-0.4, -0.2) is 94.7 Å². The zero-order valence-corrected chi connectivity index (χ0v) is 24.4. The first-order valence-electron chi connectivity index (χ1n) is 13.5. The molecule has 0 saturated carbocycles. The van der Waals surface area contributed by atoms with Crippen LogP contribution in [0.1, 0.15) is 70.7 Å². The van der Waals surface area contributed by atoms with Gasteiger partial charge in [-0.1, -0.05) is 12.1 Å². The molecule has 1 fully saturated rings. The van der Waals surface area contributed by atoms with Crippen molar-refractivity contribution in [1.82, 2.24) is 20.4 Å². The van der Waals surface area contributed by atoms with Crippen LogP contribution in [0.5, 0.6) is 5.75 Å². The maximum Gasteiger partial charge on any atom is 0.389 e. The Morgan fingerprint density at radius 1 is 1.15 bits per heavy atom. The van der Waals surface area contributed by atoms with Gasteiger partial charge in [0, 0.05) is 38.0 Å². The van der Waals surface area contributed by atoms with Crippen molar-refractivity contribution < 1.29 is 42.2 Å². The van der Waals surface area contributed by atoms with Gasteiger partial charge in [0.25, 0.3) is 11.8 Å². The molecule has 1 aliphatic heterocycles. The molecule has 3 atom stereocenters. The molecular weight excluding hydrogens is 545 g/mol. The van der Waals surface area contributed by atoms with Gasteiger partial charge < -0.3 is 30.3 Å². The van der Waals surface area contributed by atoms with E-state index in [0.29, 0.717) is 0 Å². The summed E-state index contributed by atoms with van der Waals surface area (Å²) >= 11 is 0. The number of aliphatic hydroxyl groups is 1. The van der Waals surface area contributed by atoms with Gasteiger partial charge in [-0.3, -0.25) is 19.2 Å². The summed E-state index contributed by atoms with van der Waals surface area (Å²) in [5, 5.41) is 15.5. The number of carbonyl (C=O) groups excluding carboxylic acids is 4. The van der Waals surface area contributed by atoms with E-state index >= 15 is 0 Å². The van der Waals surface area contributed by atoms with E-state index < -0.39 is 73.0 Å². The number of amides is 4. The van der Waals surface area contributed by atoms with Crippen molar-refractivity contribution in [2.75, 3.05) is 20.2 Å². The summed E-state index contributed by atoms with van der Waals surface area (Å²) in [6, 6.07) is 3.33. The molecule has 1 aromatic carbocycles. The maximum absolute atomic E-state index is 13.6. The first-order valence-corrected chi connectivity index (χ1v) is 13.5. The number of halogens is 3. The molecule has 230 valence electrons. The van der Waals surface area contributed by atoms with Gasteiger partial charge in [0.1, 0.15) is 17.8 Å². The Morgan fingerprint density at radius 3 is 2.37 bits per heavy atom. The number of hydrogen-bond donors (Lipinski definition) is 3. The van der Waals surface area contributed by atoms with Crippen LogP contribution in [0.4, 0.5) is 13.2 Å². The van der Waals surface area contributed by atoms with Crippen LogP contribution in [0.25, 0.3) is 0 Å². The number of alkyl halides is 3. The van der Waals surface area contributed by atoms with Gasteiger partial charge in [0.05, 0.1) is 11.7 Å². The van der Waals surface area contributed by atoms with E-state index in [1.165, 1.54) is 23.1 Å². The van der Waals surface area contributed by atoms with Gasteiger partial charge in [-0.15, -0.1) is 0 Å². The van der Waals surface area contributed by atoms with E-state index in [0.717, 1.165) is 4.90 Å². The number of likely N-dealkylation sites (tertiary alicyclic amines) is 1. The third-order valence-corrected chi connectivity index (χ3v) is 6.53. The van der Waals surface area contributed by atoms with Crippen molar-refractivity contribution in [2.45, 2.75) is 96.2 Å². The summed E-state index contributed by atoms with van der Waals surface area (Å²) in [7, 11) is 1.56. The second kappa shape index (κ2) is 14.0. The number of para-hydroxylation sites is 1. The summed E-state index contributed by atoms with van der Waals surface area (Å²) in [4.78, 5) is 54.7. The number of likely N-dealkylation sites (N-methyl/N-ethyl adjacent to an activating group) is 1. The molecule has 3 N–H and O–H groups in total. The van der Waals surface area contributed by atoms with Gasteiger partial charge in [0.2, 0.25) is 11.8 Å². The average Bonchev–Trinajstić information content (AvgIpc) is 3.25. The van der Waals surface area contributed by atoms with Crippen molar-refractivity contribution >= 4 is 23.6 Å². The van der Waals surface area contributed by atoms with Gasteiger partial charge in [-0.25, -0.2) is 0 Å². The number of nitrogens with one attached hydrogen (secondary N) is 2. The molecule has 1 aliphatic rings. The average molecular weight is 587 g/mol. The van der Waals surface area contributed by atoms with Crippen molar-refractivity contribution in [3.63, 3.8) is 0 Å². The van der Waals surface area contributed by atoms with Crippen LogP contribution in [0.2, 0.25) is 0 Å². The van der Waals surface area contributed by atoms with Crippen LogP contribution in [-0.2, 0) is 14.4 Å². The van der Waals surface area contributed by atoms with Crippen LogP contribution < -0.4 is 15.4 Å². The van der Waals surface area contributed by atoms with E-state index in [4.69, 9.17) is 4.74 Å². The summed E-state index contributed by atoms with van der Waals surface area (Å²) in [6.45, 7) is 8.34. The minimum Gasteiger partial charge on any atom is -0.483 e. The predicted octanol–water partition coefficient (Wildman–Crippen LogP) is 2.64. The smallest absolute Gasteiger partial charge is 0.389 e. The molecule has 10 nitrogen and oxygen atoms in total. The maximum atomic E-state index is 13.6. The molecular formula is C28H41F3N4O6. The molecule has 0 aliphatic carbocycles. The molecule has 4 amide bonds.